The first-order valence-corrected chi connectivity index (χ1v) is 10.9. The average Bonchev–Trinajstić information content (AvgIpc) is 2.75. The van der Waals surface area contributed by atoms with Gasteiger partial charge in [-0.1, -0.05) is 15.9 Å². The van der Waals surface area contributed by atoms with Crippen LogP contribution in [0.15, 0.2) is 70.2 Å². The van der Waals surface area contributed by atoms with Gasteiger partial charge < -0.3 is 15.2 Å². The number of rotatable bonds is 7. The molecule has 3 aromatic rings. The number of carbonyl (C=O) groups is 2. The third-order valence-corrected chi connectivity index (χ3v) is 5.98. The third kappa shape index (κ3) is 5.38. The van der Waals surface area contributed by atoms with E-state index in [0.717, 1.165) is 0 Å². The van der Waals surface area contributed by atoms with Crippen LogP contribution in [0, 0.1) is 0 Å². The molecule has 1 aromatic heterocycles. The van der Waals surface area contributed by atoms with E-state index in [1.165, 1.54) is 61.8 Å². The summed E-state index contributed by atoms with van der Waals surface area (Å²) in [6.45, 7) is 0. The van der Waals surface area contributed by atoms with Crippen LogP contribution in [-0.2, 0) is 10.0 Å². The third-order valence-electron chi connectivity index (χ3n) is 4.08. The molecule has 31 heavy (non-hydrogen) atoms. The molecule has 9 nitrogen and oxygen atoms in total. The van der Waals surface area contributed by atoms with Crippen LogP contribution < -0.4 is 14.8 Å². The Morgan fingerprint density at radius 1 is 1.06 bits per heavy atom. The summed E-state index contributed by atoms with van der Waals surface area (Å²) >= 11 is 3.18. The van der Waals surface area contributed by atoms with Gasteiger partial charge in [0.15, 0.2) is 0 Å². The van der Waals surface area contributed by atoms with Crippen LogP contribution in [0.3, 0.4) is 0 Å². The Labute approximate surface area is 186 Å². The first-order valence-electron chi connectivity index (χ1n) is 8.67. The number of nitrogens with zero attached hydrogens (tertiary/aromatic N) is 1. The molecule has 1 heterocycles. The molecule has 3 rings (SSSR count). The van der Waals surface area contributed by atoms with Crippen molar-refractivity contribution in [1.82, 2.24) is 4.98 Å². The van der Waals surface area contributed by atoms with Gasteiger partial charge in [-0.05, 0) is 48.5 Å². The predicted octanol–water partition coefficient (Wildman–Crippen LogP) is 3.60. The number of hydrogen-bond donors (Lipinski definition) is 3. The van der Waals surface area contributed by atoms with Crippen LogP contribution in [0.5, 0.6) is 5.88 Å². The molecule has 0 saturated carbocycles. The molecule has 0 atom stereocenters. The Hall–Kier alpha value is -3.44. The smallest absolute Gasteiger partial charge is 0.337 e. The second kappa shape index (κ2) is 9.14. The predicted molar refractivity (Wildman–Crippen MR) is 117 cm³/mol. The normalized spacial score (nSPS) is 10.9. The number of ether oxygens (including phenoxy) is 1. The number of aromatic nitrogens is 1. The highest BCUT2D eigenvalue weighted by Crippen LogP contribution is 2.23. The molecule has 0 aliphatic rings. The second-order valence-electron chi connectivity index (χ2n) is 6.17. The van der Waals surface area contributed by atoms with E-state index in [1.54, 1.807) is 6.07 Å². The van der Waals surface area contributed by atoms with Gasteiger partial charge in [0.2, 0.25) is 5.88 Å². The molecule has 0 spiro atoms. The lowest BCUT2D eigenvalue weighted by Gasteiger charge is -2.11. The maximum atomic E-state index is 12.5. The molecule has 0 unspecified atom stereocenters. The minimum Gasteiger partial charge on any atom is -0.481 e. The number of sulfonamides is 1. The van der Waals surface area contributed by atoms with E-state index in [1.807, 2.05) is 0 Å². The number of methoxy groups -OCH3 is 1. The first kappa shape index (κ1) is 22.2. The van der Waals surface area contributed by atoms with Crippen molar-refractivity contribution in [2.45, 2.75) is 4.90 Å². The summed E-state index contributed by atoms with van der Waals surface area (Å²) < 4.78 is 32.9. The summed E-state index contributed by atoms with van der Waals surface area (Å²) in [5, 5.41) is 11.8. The molecule has 11 heteroatoms. The number of carboxylic acid groups (broad SMARTS) is 1. The number of nitrogens with one attached hydrogen (secondary N) is 2. The summed E-state index contributed by atoms with van der Waals surface area (Å²) in [6.07, 6.45) is 1.32. The fraction of sp³-hybridized carbons (Fsp3) is 0.0500. The topological polar surface area (TPSA) is 135 Å². The van der Waals surface area contributed by atoms with Gasteiger partial charge in [-0.25, -0.2) is 18.2 Å². The van der Waals surface area contributed by atoms with Crippen molar-refractivity contribution in [3.63, 3.8) is 0 Å². The molecular weight excluding hydrogens is 490 g/mol. The highest BCUT2D eigenvalue weighted by Gasteiger charge is 2.17. The summed E-state index contributed by atoms with van der Waals surface area (Å²) in [5.41, 5.74) is 0.439. The van der Waals surface area contributed by atoms with Gasteiger partial charge in [0.1, 0.15) is 0 Å². The Kier molecular flexibility index (Phi) is 6.56. The fourth-order valence-electron chi connectivity index (χ4n) is 2.56. The van der Waals surface area contributed by atoms with E-state index < -0.39 is 21.9 Å². The van der Waals surface area contributed by atoms with Gasteiger partial charge in [-0.15, -0.1) is 0 Å². The number of aromatic carboxylic acids is 1. The second-order valence-corrected chi connectivity index (χ2v) is 8.77. The Morgan fingerprint density at radius 3 is 2.35 bits per heavy atom. The van der Waals surface area contributed by atoms with Crippen LogP contribution in [0.2, 0.25) is 0 Å². The van der Waals surface area contributed by atoms with Crippen molar-refractivity contribution in [2.24, 2.45) is 0 Å². The van der Waals surface area contributed by atoms with Crippen molar-refractivity contribution in [1.29, 1.82) is 0 Å². The molecule has 0 fully saturated rings. The lowest BCUT2D eigenvalue weighted by Crippen LogP contribution is -2.16. The zero-order chi connectivity index (χ0) is 22.6. The lowest BCUT2D eigenvalue weighted by molar-refractivity contribution is 0.0698. The monoisotopic (exact) mass is 505 g/mol. The molecule has 0 aliphatic heterocycles. The van der Waals surface area contributed by atoms with Gasteiger partial charge in [-0.2, -0.15) is 0 Å². The number of halogens is 1. The minimum atomic E-state index is -3.90. The number of amides is 1. The van der Waals surface area contributed by atoms with Gasteiger partial charge >= 0.3 is 5.97 Å². The summed E-state index contributed by atoms with van der Waals surface area (Å²) in [4.78, 5) is 27.7. The van der Waals surface area contributed by atoms with Crippen LogP contribution in [0.4, 0.5) is 11.4 Å². The van der Waals surface area contributed by atoms with Crippen molar-refractivity contribution in [2.75, 3.05) is 17.1 Å². The molecule has 160 valence electrons. The average molecular weight is 506 g/mol. The number of benzene rings is 2. The van der Waals surface area contributed by atoms with Gasteiger partial charge in [0, 0.05) is 16.1 Å². The Morgan fingerprint density at radius 2 is 1.77 bits per heavy atom. The zero-order valence-electron chi connectivity index (χ0n) is 16.0. The Balaban J connectivity index is 1.76. The fourth-order valence-corrected chi connectivity index (χ4v) is 3.96. The number of carboxylic acids is 1. The SMILES string of the molecule is COc1ccc(NS(=O)(=O)c2ccc(C(=O)Nc3ccc(Br)cc3C(=O)O)cc2)cn1. The van der Waals surface area contributed by atoms with Crippen molar-refractivity contribution in [3.8, 4) is 5.88 Å². The van der Waals surface area contributed by atoms with Gasteiger partial charge in [0.05, 0.1) is 35.1 Å². The van der Waals surface area contributed by atoms with Gasteiger partial charge in [-0.3, -0.25) is 9.52 Å². The van der Waals surface area contributed by atoms with E-state index in [-0.39, 0.29) is 27.4 Å². The summed E-state index contributed by atoms with van der Waals surface area (Å²) in [5.74, 6) is -1.44. The maximum absolute atomic E-state index is 12.5. The quantitative estimate of drug-likeness (QED) is 0.446. The van der Waals surface area contributed by atoms with E-state index >= 15 is 0 Å². The van der Waals surface area contributed by atoms with Crippen LogP contribution in [0.25, 0.3) is 0 Å². The van der Waals surface area contributed by atoms with E-state index in [9.17, 15) is 23.1 Å². The molecule has 0 saturated heterocycles. The number of hydrogen-bond acceptors (Lipinski definition) is 6. The van der Waals surface area contributed by atoms with E-state index in [4.69, 9.17) is 4.74 Å². The molecular formula is C20H16BrN3O6S. The molecule has 3 N–H and O–H groups in total. The molecule has 2 aromatic carbocycles. The highest BCUT2D eigenvalue weighted by molar-refractivity contribution is 9.10. The van der Waals surface area contributed by atoms with Crippen LogP contribution >= 0.6 is 15.9 Å². The molecule has 0 aliphatic carbocycles. The van der Waals surface area contributed by atoms with Crippen LogP contribution in [-0.4, -0.2) is 37.5 Å². The molecule has 0 radical (unpaired) electrons. The van der Waals surface area contributed by atoms with Crippen molar-refractivity contribution >= 4 is 49.2 Å². The van der Waals surface area contributed by atoms with E-state index in [2.05, 4.69) is 31.0 Å². The largest absolute Gasteiger partial charge is 0.481 e. The standard InChI is InChI=1S/C20H16BrN3O6S/c1-30-18-9-5-14(11-22-18)24-31(28,29)15-6-2-12(3-7-15)19(25)23-17-8-4-13(21)10-16(17)20(26)27/h2-11,24H,1H3,(H,23,25)(H,26,27). The number of pyridine rings is 1. The zero-order valence-corrected chi connectivity index (χ0v) is 18.4. The summed E-state index contributed by atoms with van der Waals surface area (Å²) in [7, 11) is -2.45. The maximum Gasteiger partial charge on any atom is 0.337 e. The van der Waals surface area contributed by atoms with Gasteiger partial charge in [0.25, 0.3) is 15.9 Å². The molecule has 0 bridgehead atoms. The van der Waals surface area contributed by atoms with Crippen LogP contribution in [0.1, 0.15) is 20.7 Å². The lowest BCUT2D eigenvalue weighted by atomic mass is 10.1. The van der Waals surface area contributed by atoms with E-state index in [0.29, 0.717) is 10.4 Å². The van der Waals surface area contributed by atoms with Crippen molar-refractivity contribution < 1.29 is 27.9 Å². The Bertz CT molecular complexity index is 1230. The van der Waals surface area contributed by atoms with Crippen molar-refractivity contribution in [3.05, 3.63) is 76.4 Å². The highest BCUT2D eigenvalue weighted by atomic mass is 79.9. The number of anilines is 2. The first-order chi connectivity index (χ1) is 14.7. The summed E-state index contributed by atoms with van der Waals surface area (Å²) in [6, 6.07) is 12.6. The molecule has 1 amide bonds. The minimum absolute atomic E-state index is 0.0604. The number of carbonyl (C=O) groups excluding carboxylic acids is 1.